The van der Waals surface area contributed by atoms with E-state index in [2.05, 4.69) is 10.6 Å². The third-order valence-corrected chi connectivity index (χ3v) is 3.06. The van der Waals surface area contributed by atoms with Crippen LogP contribution in [0.15, 0.2) is 48.5 Å². The minimum atomic E-state index is -0.0761. The molecule has 0 fully saturated rings. The summed E-state index contributed by atoms with van der Waals surface area (Å²) in [4.78, 5) is 12.0. The molecule has 0 aliphatic rings. The summed E-state index contributed by atoms with van der Waals surface area (Å²) in [7, 11) is 1.65. The Morgan fingerprint density at radius 2 is 1.95 bits per heavy atom. The monoisotopic (exact) mass is 284 g/mol. The molecule has 0 saturated heterocycles. The average molecular weight is 284 g/mol. The maximum Gasteiger partial charge on any atom is 0.243 e. The summed E-state index contributed by atoms with van der Waals surface area (Å²) in [5, 5.41) is 6.01. The first-order valence-corrected chi connectivity index (χ1v) is 6.86. The van der Waals surface area contributed by atoms with E-state index in [-0.39, 0.29) is 12.5 Å². The fraction of sp³-hybridized carbons (Fsp3) is 0.235. The van der Waals surface area contributed by atoms with E-state index in [0.29, 0.717) is 6.61 Å². The molecular formula is C17H20N2O2. The standard InChI is InChI=1S/C17H20N2O2/c1-13-6-5-8-15(10-13)19-17(20)11-18-16-9-4-3-7-14(16)12-21-2/h3-10,18H,11-12H2,1-2H3,(H,19,20). The van der Waals surface area contributed by atoms with Crippen molar-refractivity contribution in [3.8, 4) is 0 Å². The Bertz CT molecular complexity index is 611. The number of rotatable bonds is 6. The van der Waals surface area contributed by atoms with Crippen molar-refractivity contribution >= 4 is 17.3 Å². The number of carbonyl (C=O) groups is 1. The lowest BCUT2D eigenvalue weighted by Gasteiger charge is -2.12. The van der Waals surface area contributed by atoms with Crippen LogP contribution in [0.3, 0.4) is 0 Å². The summed E-state index contributed by atoms with van der Waals surface area (Å²) in [6.45, 7) is 2.73. The van der Waals surface area contributed by atoms with Crippen molar-refractivity contribution in [2.75, 3.05) is 24.3 Å². The fourth-order valence-electron chi connectivity index (χ4n) is 2.08. The lowest BCUT2D eigenvalue weighted by atomic mass is 10.2. The van der Waals surface area contributed by atoms with Crippen LogP contribution >= 0.6 is 0 Å². The summed E-state index contributed by atoms with van der Waals surface area (Å²) >= 11 is 0. The zero-order valence-electron chi connectivity index (χ0n) is 12.3. The largest absolute Gasteiger partial charge is 0.380 e. The Kier molecular flexibility index (Phi) is 5.35. The number of ether oxygens (including phenoxy) is 1. The zero-order valence-corrected chi connectivity index (χ0v) is 12.3. The van der Waals surface area contributed by atoms with Crippen molar-refractivity contribution in [1.29, 1.82) is 0 Å². The van der Waals surface area contributed by atoms with Crippen LogP contribution in [0.2, 0.25) is 0 Å². The highest BCUT2D eigenvalue weighted by Crippen LogP contribution is 2.15. The highest BCUT2D eigenvalue weighted by molar-refractivity contribution is 5.93. The summed E-state index contributed by atoms with van der Waals surface area (Å²) in [6, 6.07) is 15.5. The number of hydrogen-bond donors (Lipinski definition) is 2. The number of benzene rings is 2. The molecule has 4 heteroatoms. The number of nitrogens with one attached hydrogen (secondary N) is 2. The first kappa shape index (κ1) is 15.1. The predicted molar refractivity (Wildman–Crippen MR) is 85.5 cm³/mol. The number of para-hydroxylation sites is 1. The van der Waals surface area contributed by atoms with Gasteiger partial charge in [0, 0.05) is 24.0 Å². The van der Waals surface area contributed by atoms with Gasteiger partial charge in [-0.15, -0.1) is 0 Å². The number of aryl methyl sites for hydroxylation is 1. The van der Waals surface area contributed by atoms with Gasteiger partial charge in [0.1, 0.15) is 0 Å². The molecule has 0 aliphatic carbocycles. The molecule has 0 aromatic heterocycles. The first-order valence-electron chi connectivity index (χ1n) is 6.86. The maximum absolute atomic E-state index is 12.0. The smallest absolute Gasteiger partial charge is 0.243 e. The minimum absolute atomic E-state index is 0.0761. The zero-order chi connectivity index (χ0) is 15.1. The van der Waals surface area contributed by atoms with E-state index in [4.69, 9.17) is 4.74 Å². The first-order chi connectivity index (χ1) is 10.2. The Morgan fingerprint density at radius 1 is 1.14 bits per heavy atom. The highest BCUT2D eigenvalue weighted by Gasteiger charge is 2.05. The van der Waals surface area contributed by atoms with Crippen LogP contribution in [0, 0.1) is 6.92 Å². The maximum atomic E-state index is 12.0. The van der Waals surface area contributed by atoms with Gasteiger partial charge in [0.15, 0.2) is 0 Å². The number of carbonyl (C=O) groups excluding carboxylic acids is 1. The molecule has 0 heterocycles. The molecule has 0 saturated carbocycles. The summed E-state index contributed by atoms with van der Waals surface area (Å²) in [5.41, 5.74) is 3.88. The molecule has 0 spiro atoms. The molecule has 0 atom stereocenters. The second kappa shape index (κ2) is 7.45. The molecule has 4 nitrogen and oxygen atoms in total. The van der Waals surface area contributed by atoms with Crippen molar-refractivity contribution in [1.82, 2.24) is 0 Å². The van der Waals surface area contributed by atoms with Gasteiger partial charge in [-0.3, -0.25) is 4.79 Å². The Labute approximate surface area is 125 Å². The van der Waals surface area contributed by atoms with Crippen LogP contribution in [0.4, 0.5) is 11.4 Å². The third-order valence-electron chi connectivity index (χ3n) is 3.06. The highest BCUT2D eigenvalue weighted by atomic mass is 16.5. The Morgan fingerprint density at radius 3 is 2.71 bits per heavy atom. The quantitative estimate of drug-likeness (QED) is 0.856. The molecule has 2 aromatic carbocycles. The van der Waals surface area contributed by atoms with Crippen molar-refractivity contribution in [2.45, 2.75) is 13.5 Å². The SMILES string of the molecule is COCc1ccccc1NCC(=O)Nc1cccc(C)c1. The minimum Gasteiger partial charge on any atom is -0.380 e. The average Bonchev–Trinajstić information content (AvgIpc) is 2.47. The van der Waals surface area contributed by atoms with E-state index in [0.717, 1.165) is 22.5 Å². The van der Waals surface area contributed by atoms with Crippen LogP contribution in [-0.4, -0.2) is 19.6 Å². The fourth-order valence-corrected chi connectivity index (χ4v) is 2.08. The van der Waals surface area contributed by atoms with Gasteiger partial charge < -0.3 is 15.4 Å². The van der Waals surface area contributed by atoms with Gasteiger partial charge in [-0.25, -0.2) is 0 Å². The van der Waals surface area contributed by atoms with Gasteiger partial charge in [0.25, 0.3) is 0 Å². The second-order valence-electron chi connectivity index (χ2n) is 4.86. The van der Waals surface area contributed by atoms with Gasteiger partial charge in [0.2, 0.25) is 5.91 Å². The summed E-state index contributed by atoms with van der Waals surface area (Å²) in [6.07, 6.45) is 0. The van der Waals surface area contributed by atoms with Gasteiger partial charge in [0.05, 0.1) is 13.2 Å². The second-order valence-corrected chi connectivity index (χ2v) is 4.86. The lowest BCUT2D eigenvalue weighted by Crippen LogP contribution is -2.22. The van der Waals surface area contributed by atoms with E-state index in [1.165, 1.54) is 0 Å². The molecule has 21 heavy (non-hydrogen) atoms. The molecule has 110 valence electrons. The van der Waals surface area contributed by atoms with E-state index in [1.54, 1.807) is 7.11 Å². The van der Waals surface area contributed by atoms with Crippen LogP contribution in [0.25, 0.3) is 0 Å². The topological polar surface area (TPSA) is 50.4 Å². The Hall–Kier alpha value is -2.33. The van der Waals surface area contributed by atoms with E-state index in [1.807, 2.05) is 55.5 Å². The van der Waals surface area contributed by atoms with E-state index in [9.17, 15) is 4.79 Å². The number of anilines is 2. The van der Waals surface area contributed by atoms with Gasteiger partial charge in [-0.05, 0) is 30.7 Å². The number of hydrogen-bond acceptors (Lipinski definition) is 3. The lowest BCUT2D eigenvalue weighted by molar-refractivity contribution is -0.114. The van der Waals surface area contributed by atoms with E-state index >= 15 is 0 Å². The van der Waals surface area contributed by atoms with Crippen molar-refractivity contribution in [3.63, 3.8) is 0 Å². The number of amides is 1. The molecule has 0 unspecified atom stereocenters. The van der Waals surface area contributed by atoms with Crippen molar-refractivity contribution in [2.24, 2.45) is 0 Å². The molecule has 0 radical (unpaired) electrons. The molecule has 1 amide bonds. The molecule has 2 aromatic rings. The van der Waals surface area contributed by atoms with Gasteiger partial charge in [-0.2, -0.15) is 0 Å². The molecule has 2 N–H and O–H groups in total. The summed E-state index contributed by atoms with van der Waals surface area (Å²) in [5.74, 6) is -0.0761. The van der Waals surface area contributed by atoms with Gasteiger partial charge >= 0.3 is 0 Å². The molecule has 0 aliphatic heterocycles. The molecule has 2 rings (SSSR count). The van der Waals surface area contributed by atoms with Crippen LogP contribution in [0.1, 0.15) is 11.1 Å². The third kappa shape index (κ3) is 4.61. The normalized spacial score (nSPS) is 10.2. The van der Waals surface area contributed by atoms with Crippen molar-refractivity contribution in [3.05, 3.63) is 59.7 Å². The van der Waals surface area contributed by atoms with Crippen LogP contribution in [0.5, 0.6) is 0 Å². The molecule has 0 bridgehead atoms. The van der Waals surface area contributed by atoms with Gasteiger partial charge in [-0.1, -0.05) is 30.3 Å². The van der Waals surface area contributed by atoms with Crippen LogP contribution in [-0.2, 0) is 16.1 Å². The van der Waals surface area contributed by atoms with Crippen LogP contribution < -0.4 is 10.6 Å². The Balaban J connectivity index is 1.92. The molecular weight excluding hydrogens is 264 g/mol. The van der Waals surface area contributed by atoms with E-state index < -0.39 is 0 Å². The van der Waals surface area contributed by atoms with Crippen molar-refractivity contribution < 1.29 is 9.53 Å². The predicted octanol–water partition coefficient (Wildman–Crippen LogP) is 3.19. The summed E-state index contributed by atoms with van der Waals surface area (Å²) < 4.78 is 5.14. The number of methoxy groups -OCH3 is 1.